The lowest BCUT2D eigenvalue weighted by molar-refractivity contribution is 0.189. The Labute approximate surface area is 203 Å². The van der Waals surface area contributed by atoms with Gasteiger partial charge in [-0.3, -0.25) is 0 Å². The molecular formula is C26H30FN5O3. The Balaban J connectivity index is 1.33. The average Bonchev–Trinajstić information content (AvgIpc) is 3.24. The fourth-order valence-corrected chi connectivity index (χ4v) is 4.63. The van der Waals surface area contributed by atoms with E-state index in [1.54, 1.807) is 37.4 Å². The van der Waals surface area contributed by atoms with E-state index in [0.29, 0.717) is 39.9 Å². The standard InChI is InChI=1S/C26H30FN5O3/c1-16-11-18-20(31-16)6-7-22(25(18)27)35-26-19-12-23(33-2)24(13-21(19)29-15-30-26)34-10-4-9-32-8-3-5-17(28)14-32/h6-7,11-13,15,17,31H,3-5,8-10,14,28H2,1-2H3/t17-/m1/s1. The van der Waals surface area contributed by atoms with E-state index in [4.69, 9.17) is 19.9 Å². The van der Waals surface area contributed by atoms with Gasteiger partial charge in [-0.2, -0.15) is 0 Å². The van der Waals surface area contributed by atoms with Crippen molar-refractivity contribution < 1.29 is 18.6 Å². The molecule has 0 bridgehead atoms. The second kappa shape index (κ2) is 10.1. The Morgan fingerprint density at radius 3 is 2.86 bits per heavy atom. The van der Waals surface area contributed by atoms with Gasteiger partial charge < -0.3 is 29.8 Å². The molecule has 0 saturated carbocycles. The molecule has 1 aliphatic rings. The number of hydrogen-bond donors (Lipinski definition) is 2. The van der Waals surface area contributed by atoms with Crippen LogP contribution in [-0.2, 0) is 0 Å². The van der Waals surface area contributed by atoms with Crippen LogP contribution in [-0.4, -0.2) is 59.2 Å². The van der Waals surface area contributed by atoms with Gasteiger partial charge in [0.1, 0.15) is 6.33 Å². The Morgan fingerprint density at radius 1 is 1.14 bits per heavy atom. The van der Waals surface area contributed by atoms with E-state index in [1.165, 1.54) is 6.33 Å². The number of nitrogens with zero attached hydrogens (tertiary/aromatic N) is 3. The Kier molecular flexibility index (Phi) is 6.70. The predicted molar refractivity (Wildman–Crippen MR) is 133 cm³/mol. The largest absolute Gasteiger partial charge is 0.493 e. The first kappa shape index (κ1) is 23.3. The lowest BCUT2D eigenvalue weighted by Crippen LogP contribution is -2.43. The molecule has 1 fully saturated rings. The highest BCUT2D eigenvalue weighted by atomic mass is 19.1. The highest BCUT2D eigenvalue weighted by Gasteiger charge is 2.18. The van der Waals surface area contributed by atoms with Gasteiger partial charge in [-0.1, -0.05) is 0 Å². The minimum absolute atomic E-state index is 0.0909. The van der Waals surface area contributed by atoms with Gasteiger partial charge in [-0.15, -0.1) is 0 Å². The zero-order valence-electron chi connectivity index (χ0n) is 20.0. The summed E-state index contributed by atoms with van der Waals surface area (Å²) in [5.74, 6) is 1.02. The van der Waals surface area contributed by atoms with Gasteiger partial charge in [0.05, 0.1) is 24.6 Å². The van der Waals surface area contributed by atoms with Crippen molar-refractivity contribution in [1.82, 2.24) is 19.9 Å². The van der Waals surface area contributed by atoms with Crippen LogP contribution >= 0.6 is 0 Å². The molecule has 0 aliphatic carbocycles. The van der Waals surface area contributed by atoms with Crippen LogP contribution in [0.3, 0.4) is 0 Å². The number of halogens is 1. The molecule has 0 radical (unpaired) electrons. The summed E-state index contributed by atoms with van der Waals surface area (Å²) in [5.41, 5.74) is 8.28. The van der Waals surface area contributed by atoms with E-state index in [0.717, 1.165) is 44.6 Å². The second-order valence-electron chi connectivity index (χ2n) is 9.00. The molecule has 5 rings (SSSR count). The van der Waals surface area contributed by atoms with Crippen LogP contribution in [0.15, 0.2) is 36.7 Å². The van der Waals surface area contributed by atoms with Crippen molar-refractivity contribution in [1.29, 1.82) is 0 Å². The quantitative estimate of drug-likeness (QED) is 0.358. The van der Waals surface area contributed by atoms with Gasteiger partial charge in [-0.25, -0.2) is 14.4 Å². The summed E-state index contributed by atoms with van der Waals surface area (Å²) >= 11 is 0. The predicted octanol–water partition coefficient (Wildman–Crippen LogP) is 4.55. The van der Waals surface area contributed by atoms with Crippen LogP contribution < -0.4 is 19.9 Å². The van der Waals surface area contributed by atoms with E-state index >= 15 is 4.39 Å². The third kappa shape index (κ3) is 5.01. The smallest absolute Gasteiger partial charge is 0.230 e. The maximum absolute atomic E-state index is 15.1. The average molecular weight is 480 g/mol. The fraction of sp³-hybridized carbons (Fsp3) is 0.385. The number of rotatable bonds is 8. The van der Waals surface area contributed by atoms with Crippen molar-refractivity contribution in [3.63, 3.8) is 0 Å². The summed E-state index contributed by atoms with van der Waals surface area (Å²) in [4.78, 5) is 14.1. The molecule has 0 amide bonds. The van der Waals surface area contributed by atoms with Crippen LogP contribution in [0.1, 0.15) is 25.0 Å². The van der Waals surface area contributed by atoms with Crippen molar-refractivity contribution in [2.45, 2.75) is 32.2 Å². The summed E-state index contributed by atoms with van der Waals surface area (Å²) in [6.45, 7) is 5.40. The van der Waals surface area contributed by atoms with E-state index in [-0.39, 0.29) is 17.7 Å². The summed E-state index contributed by atoms with van der Waals surface area (Å²) < 4.78 is 32.6. The fourth-order valence-electron chi connectivity index (χ4n) is 4.63. The molecule has 4 aromatic rings. The topological polar surface area (TPSA) is 98.5 Å². The van der Waals surface area contributed by atoms with Crippen molar-refractivity contribution >= 4 is 21.8 Å². The third-order valence-electron chi connectivity index (χ3n) is 6.35. The first-order valence-electron chi connectivity index (χ1n) is 11.9. The van der Waals surface area contributed by atoms with Crippen molar-refractivity contribution in [2.75, 3.05) is 33.4 Å². The normalized spacial score (nSPS) is 16.6. The number of methoxy groups -OCH3 is 1. The molecule has 3 heterocycles. The zero-order chi connectivity index (χ0) is 24.4. The number of ether oxygens (including phenoxy) is 3. The van der Waals surface area contributed by atoms with E-state index in [9.17, 15) is 0 Å². The van der Waals surface area contributed by atoms with Gasteiger partial charge in [0, 0.05) is 41.8 Å². The molecule has 184 valence electrons. The molecule has 2 aromatic carbocycles. The van der Waals surface area contributed by atoms with Crippen LogP contribution in [0, 0.1) is 12.7 Å². The van der Waals surface area contributed by atoms with E-state index in [2.05, 4.69) is 19.9 Å². The molecular weight excluding hydrogens is 449 g/mol. The summed E-state index contributed by atoms with van der Waals surface area (Å²) in [6.07, 6.45) is 4.52. The van der Waals surface area contributed by atoms with E-state index < -0.39 is 5.82 Å². The lowest BCUT2D eigenvalue weighted by Gasteiger charge is -2.30. The zero-order valence-corrected chi connectivity index (χ0v) is 20.0. The van der Waals surface area contributed by atoms with Crippen LogP contribution in [0.4, 0.5) is 4.39 Å². The maximum Gasteiger partial charge on any atom is 0.230 e. The minimum atomic E-state index is -0.444. The molecule has 35 heavy (non-hydrogen) atoms. The highest BCUT2D eigenvalue weighted by molar-refractivity contribution is 5.87. The van der Waals surface area contributed by atoms with Gasteiger partial charge in [0.2, 0.25) is 5.88 Å². The SMILES string of the molecule is COc1cc2c(Oc3ccc4[nH]c(C)cc4c3F)ncnc2cc1OCCCN1CCC[C@@H](N)C1. The number of likely N-dealkylation sites (tertiary alicyclic amines) is 1. The molecule has 0 spiro atoms. The number of hydrogen-bond acceptors (Lipinski definition) is 7. The molecule has 3 N–H and O–H groups in total. The summed E-state index contributed by atoms with van der Waals surface area (Å²) in [5, 5.41) is 1.07. The number of H-pyrrole nitrogens is 1. The molecule has 1 atom stereocenters. The number of nitrogens with two attached hydrogens (primary N) is 1. The number of aromatic nitrogens is 3. The Bertz CT molecular complexity index is 1340. The van der Waals surface area contributed by atoms with Crippen LogP contribution in [0.25, 0.3) is 21.8 Å². The van der Waals surface area contributed by atoms with Crippen molar-refractivity contribution in [3.8, 4) is 23.1 Å². The van der Waals surface area contributed by atoms with Gasteiger partial charge in [0.25, 0.3) is 0 Å². The van der Waals surface area contributed by atoms with Gasteiger partial charge >= 0.3 is 0 Å². The third-order valence-corrected chi connectivity index (χ3v) is 6.35. The molecule has 8 nitrogen and oxygen atoms in total. The molecule has 1 aliphatic heterocycles. The van der Waals surface area contributed by atoms with Crippen LogP contribution in [0.2, 0.25) is 0 Å². The Hall–Kier alpha value is -3.43. The number of nitrogens with one attached hydrogen (secondary N) is 1. The number of piperidine rings is 1. The number of aryl methyl sites for hydroxylation is 1. The monoisotopic (exact) mass is 479 g/mol. The summed E-state index contributed by atoms with van der Waals surface area (Å²) in [6, 6.07) is 8.96. The van der Waals surface area contributed by atoms with Gasteiger partial charge in [0.15, 0.2) is 23.1 Å². The Morgan fingerprint density at radius 2 is 2.03 bits per heavy atom. The first-order chi connectivity index (χ1) is 17.0. The highest BCUT2D eigenvalue weighted by Crippen LogP contribution is 2.37. The minimum Gasteiger partial charge on any atom is -0.493 e. The number of aromatic amines is 1. The van der Waals surface area contributed by atoms with Gasteiger partial charge in [-0.05, 0) is 57.0 Å². The molecule has 2 aromatic heterocycles. The maximum atomic E-state index is 15.1. The number of benzene rings is 2. The van der Waals surface area contributed by atoms with E-state index in [1.807, 2.05) is 6.92 Å². The first-order valence-corrected chi connectivity index (χ1v) is 11.9. The summed E-state index contributed by atoms with van der Waals surface area (Å²) in [7, 11) is 1.58. The van der Waals surface area contributed by atoms with Crippen LogP contribution in [0.5, 0.6) is 23.1 Å². The second-order valence-corrected chi connectivity index (χ2v) is 9.00. The molecule has 9 heteroatoms. The molecule has 1 saturated heterocycles. The van der Waals surface area contributed by atoms with Crippen molar-refractivity contribution in [2.24, 2.45) is 5.73 Å². The lowest BCUT2D eigenvalue weighted by atomic mass is 10.1. The number of fused-ring (bicyclic) bond motifs is 2. The molecule has 0 unspecified atom stereocenters. The van der Waals surface area contributed by atoms with Crippen molar-refractivity contribution in [3.05, 3.63) is 48.2 Å².